The summed E-state index contributed by atoms with van der Waals surface area (Å²) in [5.41, 5.74) is 0. The molecule has 1 atom stereocenters. The second-order valence-corrected chi connectivity index (χ2v) is 4.09. The highest BCUT2D eigenvalue weighted by Gasteiger charge is 2.23. The van der Waals surface area contributed by atoms with Gasteiger partial charge in [-0.3, -0.25) is 4.57 Å². The Bertz CT molecular complexity index is 106. The van der Waals surface area contributed by atoms with Gasteiger partial charge in [-0.05, 0) is 11.2 Å². The smallest absolute Gasteiger partial charge is 0.305 e. The summed E-state index contributed by atoms with van der Waals surface area (Å²) in [5.74, 6) is 0. The Morgan fingerprint density at radius 2 is 2.57 bits per heavy atom. The molecule has 1 aliphatic heterocycles. The van der Waals surface area contributed by atoms with E-state index in [1.807, 2.05) is 0 Å². The Hall–Kier alpha value is 0.440. The monoisotopic (exact) mass is 141 g/mol. The molecule has 1 aliphatic rings. The Balaban J connectivity index is 2.57. The molecule has 0 saturated carbocycles. The molecule has 0 aromatic carbocycles. The van der Waals surface area contributed by atoms with E-state index in [0.717, 1.165) is 0 Å². The van der Waals surface area contributed by atoms with Gasteiger partial charge in [0.25, 0.3) is 0 Å². The molecule has 1 fully saturated rings. The lowest BCUT2D eigenvalue weighted by molar-refractivity contribution is 0.369. The third-order valence-corrected chi connectivity index (χ3v) is 2.43. The van der Waals surface area contributed by atoms with Crippen LogP contribution in [0.4, 0.5) is 0 Å². The molecule has 0 amide bonds. The van der Waals surface area contributed by atoms with Crippen molar-refractivity contribution in [1.29, 1.82) is 0 Å². The fourth-order valence-electron chi connectivity index (χ4n) is 0.388. The number of halogens is 1. The Morgan fingerprint density at radius 1 is 1.86 bits per heavy atom. The van der Waals surface area contributed by atoms with Gasteiger partial charge < -0.3 is 4.52 Å². The van der Waals surface area contributed by atoms with Gasteiger partial charge in [-0.25, -0.2) is 5.09 Å². The fraction of sp³-hybridized carbons (Fsp3) is 1.00. The minimum absolute atomic E-state index is 0.459. The first-order valence-corrected chi connectivity index (χ1v) is 4.43. The molecule has 7 heavy (non-hydrogen) atoms. The van der Waals surface area contributed by atoms with Crippen LogP contribution in [0.15, 0.2) is 0 Å². The highest BCUT2D eigenvalue weighted by molar-refractivity contribution is 7.83. The maximum atomic E-state index is 10.4. The van der Waals surface area contributed by atoms with Gasteiger partial charge >= 0.3 is 6.87 Å². The van der Waals surface area contributed by atoms with E-state index in [1.165, 1.54) is 0 Å². The van der Waals surface area contributed by atoms with E-state index in [1.54, 1.807) is 0 Å². The largest absolute Gasteiger partial charge is 0.360 e. The van der Waals surface area contributed by atoms with Crippen LogP contribution in [0.5, 0.6) is 0 Å². The van der Waals surface area contributed by atoms with Gasteiger partial charge in [0.1, 0.15) is 0 Å². The number of rotatable bonds is 0. The van der Waals surface area contributed by atoms with E-state index in [0.29, 0.717) is 13.2 Å². The summed E-state index contributed by atoms with van der Waals surface area (Å²) < 4.78 is 15.0. The van der Waals surface area contributed by atoms with Crippen LogP contribution in [0.1, 0.15) is 0 Å². The van der Waals surface area contributed by atoms with Crippen LogP contribution in [0.3, 0.4) is 0 Å². The second-order valence-electron chi connectivity index (χ2n) is 1.22. The van der Waals surface area contributed by atoms with Crippen molar-refractivity contribution >= 4 is 18.1 Å². The molecule has 5 heteroatoms. The summed E-state index contributed by atoms with van der Waals surface area (Å²) in [6.45, 7) is -1.76. The van der Waals surface area contributed by atoms with Crippen LogP contribution >= 0.6 is 18.1 Å². The van der Waals surface area contributed by atoms with E-state index in [2.05, 4.69) is 9.61 Å². The van der Waals surface area contributed by atoms with Gasteiger partial charge in [-0.15, -0.1) is 0 Å². The summed E-state index contributed by atoms with van der Waals surface area (Å²) in [5, 5.41) is 2.49. The van der Waals surface area contributed by atoms with Crippen LogP contribution in [-0.4, -0.2) is 13.2 Å². The van der Waals surface area contributed by atoms with Gasteiger partial charge in [0, 0.05) is 6.54 Å². The quantitative estimate of drug-likeness (QED) is 0.511. The zero-order valence-corrected chi connectivity index (χ0v) is 5.21. The zero-order valence-electron chi connectivity index (χ0n) is 3.56. The normalized spacial score (nSPS) is 41.9. The average Bonchev–Trinajstić information content (AvgIpc) is 1.84. The Labute approximate surface area is 46.3 Å². The number of hydrogen-bond donors (Lipinski definition) is 1. The van der Waals surface area contributed by atoms with Crippen molar-refractivity contribution in [2.24, 2.45) is 0 Å². The molecule has 1 rings (SSSR count). The predicted octanol–water partition coefficient (Wildman–Crippen LogP) is 0.953. The molecule has 0 radical (unpaired) electrons. The maximum Gasteiger partial charge on any atom is 0.360 e. The number of nitrogens with one attached hydrogen (secondary N) is 1. The highest BCUT2D eigenvalue weighted by atomic mass is 35.7. The van der Waals surface area contributed by atoms with Gasteiger partial charge in [0.05, 0.1) is 6.61 Å². The molecule has 1 unspecified atom stereocenters. The lowest BCUT2D eigenvalue weighted by Gasteiger charge is -1.94. The third-order valence-electron chi connectivity index (χ3n) is 0.660. The van der Waals surface area contributed by atoms with Gasteiger partial charge in [0.2, 0.25) is 0 Å². The van der Waals surface area contributed by atoms with Crippen LogP contribution in [0, 0.1) is 0 Å². The lowest BCUT2D eigenvalue weighted by Crippen LogP contribution is -1.98. The zero-order chi connectivity index (χ0) is 5.33. The summed E-state index contributed by atoms with van der Waals surface area (Å²) in [7, 11) is 0. The van der Waals surface area contributed by atoms with Gasteiger partial charge in [-0.2, -0.15) is 0 Å². The third kappa shape index (κ3) is 1.42. The fourth-order valence-corrected chi connectivity index (χ4v) is 1.62. The van der Waals surface area contributed by atoms with E-state index in [4.69, 9.17) is 11.2 Å². The molecule has 0 bridgehead atoms. The van der Waals surface area contributed by atoms with Crippen molar-refractivity contribution in [2.75, 3.05) is 13.2 Å². The summed E-state index contributed by atoms with van der Waals surface area (Å²) in [6, 6.07) is 0. The molecule has 0 aromatic rings. The summed E-state index contributed by atoms with van der Waals surface area (Å²) >= 11 is 5.19. The van der Waals surface area contributed by atoms with Crippen molar-refractivity contribution in [2.45, 2.75) is 0 Å². The first-order valence-electron chi connectivity index (χ1n) is 1.90. The van der Waals surface area contributed by atoms with Crippen molar-refractivity contribution in [3.63, 3.8) is 0 Å². The van der Waals surface area contributed by atoms with Gasteiger partial charge in [0.15, 0.2) is 0 Å². The molecule has 0 aliphatic carbocycles. The van der Waals surface area contributed by atoms with Crippen LogP contribution in [0.25, 0.3) is 0 Å². The van der Waals surface area contributed by atoms with E-state index in [9.17, 15) is 4.57 Å². The molecule has 3 nitrogen and oxygen atoms in total. The van der Waals surface area contributed by atoms with E-state index < -0.39 is 6.87 Å². The molecular weight excluding hydrogens is 136 g/mol. The van der Waals surface area contributed by atoms with E-state index >= 15 is 0 Å². The van der Waals surface area contributed by atoms with Crippen molar-refractivity contribution < 1.29 is 9.09 Å². The second kappa shape index (κ2) is 1.75. The predicted molar refractivity (Wildman–Crippen MR) is 27.4 cm³/mol. The van der Waals surface area contributed by atoms with Crippen LogP contribution < -0.4 is 5.09 Å². The molecule has 1 heterocycles. The van der Waals surface area contributed by atoms with Crippen LogP contribution in [0.2, 0.25) is 0 Å². The molecule has 0 spiro atoms. The summed E-state index contributed by atoms with van der Waals surface area (Å²) in [6.07, 6.45) is 0. The molecule has 1 saturated heterocycles. The lowest BCUT2D eigenvalue weighted by atomic mass is 10.8. The van der Waals surface area contributed by atoms with Crippen LogP contribution in [-0.2, 0) is 9.09 Å². The minimum Gasteiger partial charge on any atom is -0.305 e. The minimum atomic E-state index is -2.82. The molecular formula is C2H5ClNO2P. The van der Waals surface area contributed by atoms with Gasteiger partial charge in [-0.1, -0.05) is 0 Å². The van der Waals surface area contributed by atoms with Crippen molar-refractivity contribution in [3.05, 3.63) is 0 Å². The maximum absolute atomic E-state index is 10.4. The first-order chi connectivity index (χ1) is 3.21. The Kier molecular flexibility index (Phi) is 1.39. The first kappa shape index (κ1) is 5.57. The Morgan fingerprint density at radius 3 is 2.71 bits per heavy atom. The number of hydrogen-bond acceptors (Lipinski definition) is 2. The van der Waals surface area contributed by atoms with Crippen molar-refractivity contribution in [1.82, 2.24) is 5.09 Å². The summed E-state index contributed by atoms with van der Waals surface area (Å²) in [4.78, 5) is 0. The molecule has 1 N–H and O–H groups in total. The average molecular weight is 141 g/mol. The highest BCUT2D eigenvalue weighted by Crippen LogP contribution is 2.50. The van der Waals surface area contributed by atoms with E-state index in [-0.39, 0.29) is 0 Å². The standard InChI is InChI=1S/C2H5ClNO2P/c3-7(5)4-1-2-6-7/h1-2H2,(H,4,5). The topological polar surface area (TPSA) is 38.3 Å². The molecule has 0 aromatic heterocycles. The van der Waals surface area contributed by atoms with Crippen molar-refractivity contribution in [3.8, 4) is 0 Å². The molecule has 42 valence electrons. The SMILES string of the molecule is O=P1(Cl)NCCO1.